The minimum atomic E-state index is -0.185. The molecule has 2 N–H and O–H groups in total. The van der Waals surface area contributed by atoms with E-state index in [0.29, 0.717) is 5.69 Å². The van der Waals surface area contributed by atoms with Gasteiger partial charge in [-0.05, 0) is 38.0 Å². The van der Waals surface area contributed by atoms with Crippen molar-refractivity contribution in [3.8, 4) is 0 Å². The molecule has 1 atom stereocenters. The van der Waals surface area contributed by atoms with Crippen molar-refractivity contribution in [3.63, 3.8) is 0 Å². The lowest BCUT2D eigenvalue weighted by atomic mass is 10.1. The van der Waals surface area contributed by atoms with E-state index in [9.17, 15) is 4.79 Å². The molecular weight excluding hydrogens is 280 g/mol. The van der Waals surface area contributed by atoms with Crippen LogP contribution in [0.1, 0.15) is 41.0 Å². The molecule has 0 bridgehead atoms. The smallest absolute Gasteiger partial charge is 0.270 e. The Morgan fingerprint density at radius 3 is 3.18 bits per heavy atom. The zero-order chi connectivity index (χ0) is 15.1. The number of hydrogen-bond donors (Lipinski definition) is 2. The van der Waals surface area contributed by atoms with Gasteiger partial charge in [-0.15, -0.1) is 0 Å². The molecule has 1 amide bonds. The Morgan fingerprint density at radius 2 is 2.27 bits per heavy atom. The van der Waals surface area contributed by atoms with Crippen molar-refractivity contribution in [1.29, 1.82) is 0 Å². The first-order chi connectivity index (χ1) is 10.7. The van der Waals surface area contributed by atoms with E-state index in [1.54, 1.807) is 6.07 Å². The molecule has 7 heteroatoms. The van der Waals surface area contributed by atoms with Gasteiger partial charge in [0.15, 0.2) is 0 Å². The monoisotopic (exact) mass is 296 g/mol. The summed E-state index contributed by atoms with van der Waals surface area (Å²) >= 11 is 0. The van der Waals surface area contributed by atoms with Gasteiger partial charge in [0.2, 0.25) is 0 Å². The number of rotatable bonds is 2. The Labute approximate surface area is 126 Å². The van der Waals surface area contributed by atoms with Gasteiger partial charge in [-0.2, -0.15) is 5.10 Å². The Morgan fingerprint density at radius 1 is 1.36 bits per heavy atom. The Hall–Kier alpha value is -2.70. The maximum atomic E-state index is 12.5. The molecule has 22 heavy (non-hydrogen) atoms. The summed E-state index contributed by atoms with van der Waals surface area (Å²) in [6, 6.07) is 5.45. The van der Waals surface area contributed by atoms with Crippen LogP contribution in [0, 0.1) is 6.92 Å². The number of nitrogens with zero attached hydrogens (tertiary/aromatic N) is 4. The first kappa shape index (κ1) is 13.0. The van der Waals surface area contributed by atoms with Gasteiger partial charge < -0.3 is 10.3 Å². The molecule has 3 aromatic rings. The minimum absolute atomic E-state index is 0.108. The Kier molecular flexibility index (Phi) is 2.92. The normalized spacial score (nSPS) is 17.4. The van der Waals surface area contributed by atoms with Gasteiger partial charge in [0.05, 0.1) is 6.04 Å². The van der Waals surface area contributed by atoms with E-state index in [1.807, 2.05) is 29.9 Å². The van der Waals surface area contributed by atoms with Gasteiger partial charge in [0.25, 0.3) is 5.91 Å². The number of amides is 1. The molecule has 1 unspecified atom stereocenters. The molecule has 3 aromatic heterocycles. The maximum Gasteiger partial charge on any atom is 0.270 e. The summed E-state index contributed by atoms with van der Waals surface area (Å²) in [4.78, 5) is 24.3. The van der Waals surface area contributed by atoms with Crippen LogP contribution in [-0.2, 0) is 6.54 Å². The van der Waals surface area contributed by atoms with Gasteiger partial charge in [-0.1, -0.05) is 0 Å². The number of pyridine rings is 1. The van der Waals surface area contributed by atoms with Crippen LogP contribution in [0.15, 0.2) is 24.4 Å². The predicted molar refractivity (Wildman–Crippen MR) is 80.3 cm³/mol. The first-order valence-corrected chi connectivity index (χ1v) is 7.37. The average molecular weight is 296 g/mol. The standard InChI is InChI=1S/C15H16N6O/c1-9-17-14-11(3-2-8-21(14)20-9)19-15(22)12-5-4-10-6-7-16-13(10)18-12/h4-7,11H,2-3,8H2,1H3,(H,16,18)(H,19,22). The highest BCUT2D eigenvalue weighted by molar-refractivity contribution is 5.94. The fraction of sp³-hybridized carbons (Fsp3) is 0.333. The van der Waals surface area contributed by atoms with E-state index >= 15 is 0 Å². The van der Waals surface area contributed by atoms with Crippen LogP contribution in [0.25, 0.3) is 11.0 Å². The molecule has 0 fully saturated rings. The van der Waals surface area contributed by atoms with E-state index in [0.717, 1.165) is 42.1 Å². The zero-order valence-electron chi connectivity index (χ0n) is 12.2. The van der Waals surface area contributed by atoms with E-state index in [4.69, 9.17) is 0 Å². The van der Waals surface area contributed by atoms with Crippen LogP contribution >= 0.6 is 0 Å². The van der Waals surface area contributed by atoms with Crippen LogP contribution in [-0.4, -0.2) is 30.6 Å². The number of aromatic nitrogens is 5. The molecule has 7 nitrogen and oxygen atoms in total. The second-order valence-corrected chi connectivity index (χ2v) is 5.52. The van der Waals surface area contributed by atoms with Gasteiger partial charge in [-0.25, -0.2) is 14.6 Å². The van der Waals surface area contributed by atoms with Crippen LogP contribution in [0.3, 0.4) is 0 Å². The Bertz CT molecular complexity index is 849. The van der Waals surface area contributed by atoms with E-state index in [1.165, 1.54) is 0 Å². The number of carbonyl (C=O) groups is 1. The fourth-order valence-electron chi connectivity index (χ4n) is 2.89. The summed E-state index contributed by atoms with van der Waals surface area (Å²) in [7, 11) is 0. The summed E-state index contributed by atoms with van der Waals surface area (Å²) < 4.78 is 1.88. The molecule has 1 aliphatic heterocycles. The van der Waals surface area contributed by atoms with Crippen molar-refractivity contribution in [2.45, 2.75) is 32.4 Å². The highest BCUT2D eigenvalue weighted by atomic mass is 16.2. The minimum Gasteiger partial charge on any atom is -0.346 e. The second-order valence-electron chi connectivity index (χ2n) is 5.52. The molecule has 0 radical (unpaired) electrons. The number of hydrogen-bond acceptors (Lipinski definition) is 4. The maximum absolute atomic E-state index is 12.5. The molecule has 4 heterocycles. The van der Waals surface area contributed by atoms with E-state index in [2.05, 4.69) is 25.4 Å². The molecule has 0 aromatic carbocycles. The van der Waals surface area contributed by atoms with E-state index in [-0.39, 0.29) is 11.9 Å². The summed E-state index contributed by atoms with van der Waals surface area (Å²) in [5, 5.41) is 8.36. The first-order valence-electron chi connectivity index (χ1n) is 7.37. The molecule has 0 spiro atoms. The van der Waals surface area contributed by atoms with E-state index < -0.39 is 0 Å². The number of aromatic amines is 1. The third-order valence-electron chi connectivity index (χ3n) is 3.93. The molecule has 0 saturated carbocycles. The van der Waals surface area contributed by atoms with Gasteiger partial charge >= 0.3 is 0 Å². The summed E-state index contributed by atoms with van der Waals surface area (Å²) in [5.74, 6) is 1.38. The zero-order valence-corrected chi connectivity index (χ0v) is 12.2. The second kappa shape index (κ2) is 4.94. The number of H-pyrrole nitrogens is 1. The highest BCUT2D eigenvalue weighted by Crippen LogP contribution is 2.23. The molecule has 112 valence electrons. The van der Waals surface area contributed by atoms with Crippen LogP contribution in [0.4, 0.5) is 0 Å². The number of aryl methyl sites for hydroxylation is 2. The number of fused-ring (bicyclic) bond motifs is 2. The third-order valence-corrected chi connectivity index (χ3v) is 3.93. The molecule has 1 aliphatic rings. The van der Waals surface area contributed by atoms with Crippen molar-refractivity contribution in [2.75, 3.05) is 0 Å². The number of carbonyl (C=O) groups excluding carboxylic acids is 1. The Balaban J connectivity index is 1.59. The topological polar surface area (TPSA) is 88.5 Å². The van der Waals surface area contributed by atoms with Gasteiger partial charge in [0, 0.05) is 18.1 Å². The lowest BCUT2D eigenvalue weighted by Crippen LogP contribution is -2.33. The quantitative estimate of drug-likeness (QED) is 0.753. The highest BCUT2D eigenvalue weighted by Gasteiger charge is 2.25. The van der Waals surface area contributed by atoms with Crippen molar-refractivity contribution in [3.05, 3.63) is 41.7 Å². The third kappa shape index (κ3) is 2.14. The lowest BCUT2D eigenvalue weighted by molar-refractivity contribution is 0.0922. The van der Waals surface area contributed by atoms with Gasteiger partial charge in [0.1, 0.15) is 23.0 Å². The van der Waals surface area contributed by atoms with Gasteiger partial charge in [-0.3, -0.25) is 4.79 Å². The number of nitrogens with one attached hydrogen (secondary N) is 2. The summed E-state index contributed by atoms with van der Waals surface area (Å²) in [5.41, 5.74) is 1.12. The fourth-order valence-corrected chi connectivity index (χ4v) is 2.89. The van der Waals surface area contributed by atoms with Crippen molar-refractivity contribution >= 4 is 16.9 Å². The SMILES string of the molecule is Cc1nc2n(n1)CCCC2NC(=O)c1ccc2cc[nH]c2n1. The van der Waals surface area contributed by atoms with Crippen LogP contribution in [0.2, 0.25) is 0 Å². The van der Waals surface area contributed by atoms with Crippen molar-refractivity contribution < 1.29 is 4.79 Å². The molecule has 0 saturated heterocycles. The van der Waals surface area contributed by atoms with Crippen molar-refractivity contribution in [1.82, 2.24) is 30.0 Å². The van der Waals surface area contributed by atoms with Crippen LogP contribution < -0.4 is 5.32 Å². The summed E-state index contributed by atoms with van der Waals surface area (Å²) in [6.07, 6.45) is 3.66. The lowest BCUT2D eigenvalue weighted by Gasteiger charge is -2.22. The van der Waals surface area contributed by atoms with Crippen LogP contribution in [0.5, 0.6) is 0 Å². The molecule has 0 aliphatic carbocycles. The van der Waals surface area contributed by atoms with Crippen molar-refractivity contribution in [2.24, 2.45) is 0 Å². The average Bonchev–Trinajstić information content (AvgIpc) is 3.12. The summed E-state index contributed by atoms with van der Waals surface area (Å²) in [6.45, 7) is 2.72. The largest absolute Gasteiger partial charge is 0.346 e. The molecule has 4 rings (SSSR count). The molecular formula is C15H16N6O. The predicted octanol–water partition coefficient (Wildman–Crippen LogP) is 1.73.